The molecule has 3 amide bonds. The predicted molar refractivity (Wildman–Crippen MR) is 211 cm³/mol. The van der Waals surface area contributed by atoms with Gasteiger partial charge in [0.1, 0.15) is 35.4 Å². The van der Waals surface area contributed by atoms with Gasteiger partial charge < -0.3 is 24.3 Å². The van der Waals surface area contributed by atoms with Crippen molar-refractivity contribution in [2.24, 2.45) is 4.99 Å². The highest BCUT2D eigenvalue weighted by Crippen LogP contribution is 2.25. The average molecular weight is 803 g/mol. The molecular formula is C42H44ClFN4O9. The highest BCUT2D eigenvalue weighted by atomic mass is 35.5. The molecule has 0 aliphatic heterocycles. The van der Waals surface area contributed by atoms with Crippen LogP contribution in [0.2, 0.25) is 5.02 Å². The minimum Gasteiger partial charge on any atom is -0.459 e. The van der Waals surface area contributed by atoms with E-state index < -0.39 is 53.1 Å². The van der Waals surface area contributed by atoms with Crippen molar-refractivity contribution in [1.82, 2.24) is 16.0 Å². The zero-order chi connectivity index (χ0) is 41.8. The van der Waals surface area contributed by atoms with Gasteiger partial charge in [0, 0.05) is 11.4 Å². The van der Waals surface area contributed by atoms with Gasteiger partial charge in [0.25, 0.3) is 0 Å². The SMILES string of the molecule is CC(C)(C)OC(=O)NC(=Nc1ccc(C(=O)Oc2ccc(CC(=O)N[C@@H](Cc3cccc(F)c3)C(=O)OCc3ccccc3)c(Cl)c2)cc1)NC(=O)OC(C)(C)C. The van der Waals surface area contributed by atoms with Crippen LogP contribution in [-0.2, 0) is 43.2 Å². The number of benzene rings is 4. The molecule has 0 bridgehead atoms. The monoisotopic (exact) mass is 802 g/mol. The fraction of sp³-hybridized carbons (Fsp3) is 0.286. The highest BCUT2D eigenvalue weighted by molar-refractivity contribution is 6.31. The second kappa shape index (κ2) is 19.5. The number of guanidine groups is 1. The largest absolute Gasteiger partial charge is 0.459 e. The quantitative estimate of drug-likeness (QED) is 0.0451. The molecule has 0 radical (unpaired) electrons. The molecule has 0 aliphatic rings. The molecule has 15 heteroatoms. The number of carbonyl (C=O) groups excluding carboxylic acids is 5. The van der Waals surface area contributed by atoms with Gasteiger partial charge >= 0.3 is 24.1 Å². The molecule has 0 aliphatic carbocycles. The third kappa shape index (κ3) is 15.4. The smallest absolute Gasteiger partial charge is 0.414 e. The van der Waals surface area contributed by atoms with Gasteiger partial charge in [0.2, 0.25) is 11.9 Å². The lowest BCUT2D eigenvalue weighted by Gasteiger charge is -2.22. The molecule has 0 unspecified atom stereocenters. The first-order valence-corrected chi connectivity index (χ1v) is 18.1. The molecule has 0 aromatic heterocycles. The summed E-state index contributed by atoms with van der Waals surface area (Å²) in [5, 5.41) is 7.56. The highest BCUT2D eigenvalue weighted by Gasteiger charge is 2.25. The third-order valence-corrected chi connectivity index (χ3v) is 7.69. The number of amides is 3. The van der Waals surface area contributed by atoms with Crippen LogP contribution in [0.4, 0.5) is 19.7 Å². The number of nitrogens with zero attached hydrogens (tertiary/aromatic N) is 1. The summed E-state index contributed by atoms with van der Waals surface area (Å²) in [5.74, 6) is -2.65. The van der Waals surface area contributed by atoms with E-state index in [1.54, 1.807) is 71.9 Å². The van der Waals surface area contributed by atoms with Crippen molar-refractivity contribution in [3.05, 3.63) is 130 Å². The van der Waals surface area contributed by atoms with E-state index in [0.29, 0.717) is 11.1 Å². The van der Waals surface area contributed by atoms with Crippen molar-refractivity contribution in [2.45, 2.75) is 78.2 Å². The van der Waals surface area contributed by atoms with Gasteiger partial charge in [-0.15, -0.1) is 0 Å². The van der Waals surface area contributed by atoms with Crippen molar-refractivity contribution in [1.29, 1.82) is 0 Å². The van der Waals surface area contributed by atoms with Crippen molar-refractivity contribution >= 4 is 53.3 Å². The van der Waals surface area contributed by atoms with E-state index in [1.165, 1.54) is 60.7 Å². The molecule has 0 saturated carbocycles. The molecule has 300 valence electrons. The van der Waals surface area contributed by atoms with E-state index in [0.717, 1.165) is 5.56 Å². The Hall–Kier alpha value is -6.28. The second-order valence-corrected chi connectivity index (χ2v) is 15.0. The number of carbonyl (C=O) groups is 5. The van der Waals surface area contributed by atoms with E-state index >= 15 is 0 Å². The molecule has 4 rings (SSSR count). The van der Waals surface area contributed by atoms with E-state index in [2.05, 4.69) is 20.9 Å². The molecule has 3 N–H and O–H groups in total. The van der Waals surface area contributed by atoms with Crippen molar-refractivity contribution in [3.63, 3.8) is 0 Å². The topological polar surface area (TPSA) is 171 Å². The molecule has 0 spiro atoms. The van der Waals surface area contributed by atoms with Crippen LogP contribution in [0.15, 0.2) is 102 Å². The zero-order valence-electron chi connectivity index (χ0n) is 32.3. The fourth-order valence-electron chi connectivity index (χ4n) is 4.93. The summed E-state index contributed by atoms with van der Waals surface area (Å²) in [6.07, 6.45) is -1.98. The number of aliphatic imine (C=N–C) groups is 1. The zero-order valence-corrected chi connectivity index (χ0v) is 33.1. The van der Waals surface area contributed by atoms with E-state index in [9.17, 15) is 28.4 Å². The van der Waals surface area contributed by atoms with Crippen molar-refractivity contribution < 1.29 is 47.3 Å². The number of nitrogens with one attached hydrogen (secondary N) is 3. The second-order valence-electron chi connectivity index (χ2n) is 14.6. The first-order valence-electron chi connectivity index (χ1n) is 17.8. The van der Waals surface area contributed by atoms with Gasteiger partial charge in [-0.2, -0.15) is 0 Å². The Morgan fingerprint density at radius 1 is 0.754 bits per heavy atom. The van der Waals surface area contributed by atoms with E-state index in [1.807, 2.05) is 6.07 Å². The first-order chi connectivity index (χ1) is 26.8. The molecule has 1 atom stereocenters. The lowest BCUT2D eigenvalue weighted by Crippen LogP contribution is -2.47. The van der Waals surface area contributed by atoms with Crippen LogP contribution in [0.25, 0.3) is 0 Å². The Morgan fingerprint density at radius 3 is 1.95 bits per heavy atom. The Morgan fingerprint density at radius 2 is 1.37 bits per heavy atom. The van der Waals surface area contributed by atoms with Crippen LogP contribution in [0, 0.1) is 5.82 Å². The summed E-state index contributed by atoms with van der Waals surface area (Å²) < 4.78 is 35.4. The number of esters is 2. The summed E-state index contributed by atoms with van der Waals surface area (Å²) in [6.45, 7) is 10.0. The number of halogens is 2. The molecule has 4 aromatic carbocycles. The molecule has 4 aromatic rings. The maximum Gasteiger partial charge on any atom is 0.414 e. The molecule has 0 heterocycles. The minimum atomic E-state index is -1.12. The average Bonchev–Trinajstić information content (AvgIpc) is 3.10. The fourth-order valence-corrected chi connectivity index (χ4v) is 5.17. The van der Waals surface area contributed by atoms with Crippen LogP contribution in [-0.4, -0.2) is 53.2 Å². The van der Waals surface area contributed by atoms with Crippen LogP contribution in [0.1, 0.15) is 68.6 Å². The Balaban J connectivity index is 1.40. The normalized spacial score (nSPS) is 11.6. The number of rotatable bonds is 11. The van der Waals surface area contributed by atoms with Crippen molar-refractivity contribution in [2.75, 3.05) is 0 Å². The summed E-state index contributed by atoms with van der Waals surface area (Å²) in [7, 11) is 0. The summed E-state index contributed by atoms with van der Waals surface area (Å²) in [4.78, 5) is 68.4. The number of hydrogen-bond donors (Lipinski definition) is 3. The number of hydrogen-bond acceptors (Lipinski definition) is 10. The Labute approximate surface area is 334 Å². The van der Waals surface area contributed by atoms with Crippen LogP contribution < -0.4 is 20.7 Å². The molecule has 0 fully saturated rings. The molecule has 57 heavy (non-hydrogen) atoms. The Kier molecular flexibility index (Phi) is 14.9. The maximum absolute atomic E-state index is 13.9. The lowest BCUT2D eigenvalue weighted by atomic mass is 10.0. The molecule has 0 saturated heterocycles. The number of ether oxygens (including phenoxy) is 4. The standard InChI is InChI=1S/C42H44ClFN4O9/c1-41(2,3)56-39(52)47-38(48-40(53)57-42(4,5)6)45-31-18-15-28(16-19-31)36(50)55-32-20-17-29(33(43)24-32)23-35(49)46-34(22-27-13-10-14-30(44)21-27)37(51)54-25-26-11-8-7-9-12-26/h7-21,24,34H,22-23,25H2,1-6H3,(H,46,49)(H2,45,47,48,52,53)/t34-/m0/s1. The predicted octanol–water partition coefficient (Wildman–Crippen LogP) is 7.75. The van der Waals surface area contributed by atoms with Gasteiger partial charge in [0.05, 0.1) is 17.7 Å². The summed E-state index contributed by atoms with van der Waals surface area (Å²) in [6, 6.07) is 23.7. The molecule has 13 nitrogen and oxygen atoms in total. The minimum absolute atomic E-state index is 0.0130. The van der Waals surface area contributed by atoms with Gasteiger partial charge in [-0.3, -0.25) is 15.4 Å². The van der Waals surface area contributed by atoms with Gasteiger partial charge in [0.15, 0.2) is 0 Å². The lowest BCUT2D eigenvalue weighted by molar-refractivity contribution is -0.149. The van der Waals surface area contributed by atoms with Crippen LogP contribution >= 0.6 is 11.6 Å². The summed E-state index contributed by atoms with van der Waals surface area (Å²) >= 11 is 6.48. The van der Waals surface area contributed by atoms with E-state index in [4.69, 9.17) is 30.5 Å². The number of alkyl carbamates (subject to hydrolysis) is 2. The van der Waals surface area contributed by atoms with Gasteiger partial charge in [-0.25, -0.2) is 28.6 Å². The van der Waals surface area contributed by atoms with Crippen LogP contribution in [0.5, 0.6) is 5.75 Å². The Bertz CT molecular complexity index is 2070. The summed E-state index contributed by atoms with van der Waals surface area (Å²) in [5.41, 5.74) is 0.374. The maximum atomic E-state index is 13.9. The molecular weight excluding hydrogens is 759 g/mol. The van der Waals surface area contributed by atoms with Gasteiger partial charge in [-0.05, 0) is 107 Å². The third-order valence-electron chi connectivity index (χ3n) is 7.34. The first kappa shape index (κ1) is 43.4. The van der Waals surface area contributed by atoms with Crippen molar-refractivity contribution in [3.8, 4) is 5.75 Å². The van der Waals surface area contributed by atoms with Crippen LogP contribution in [0.3, 0.4) is 0 Å². The van der Waals surface area contributed by atoms with Gasteiger partial charge in [-0.1, -0.05) is 60.1 Å². The van der Waals surface area contributed by atoms with E-state index in [-0.39, 0.29) is 47.4 Å².